The molecule has 1 aliphatic heterocycles. The Balaban J connectivity index is 1.68. The Labute approximate surface area is 152 Å². The molecule has 2 aromatic rings. The van der Waals surface area contributed by atoms with Gasteiger partial charge in [-0.1, -0.05) is 23.2 Å². The molecule has 6 nitrogen and oxygen atoms in total. The van der Waals surface area contributed by atoms with E-state index in [-0.39, 0.29) is 24.8 Å². The summed E-state index contributed by atoms with van der Waals surface area (Å²) in [5.74, 6) is 0.186. The number of aliphatic hydroxyl groups excluding tert-OH is 1. The van der Waals surface area contributed by atoms with E-state index < -0.39 is 18.0 Å². The average Bonchev–Trinajstić information content (AvgIpc) is 3.00. The second-order valence-electron chi connectivity index (χ2n) is 5.26. The van der Waals surface area contributed by atoms with Crippen LogP contribution in [0.4, 0.5) is 15.0 Å². The fraction of sp³-hybridized carbons (Fsp3) is 0.250. The number of anilines is 1. The maximum absolute atomic E-state index is 13.5. The molecule has 1 saturated heterocycles. The van der Waals surface area contributed by atoms with Crippen LogP contribution < -0.4 is 9.64 Å². The molecule has 3 rings (SSSR count). The molecule has 0 aliphatic carbocycles. The molecule has 1 unspecified atom stereocenters. The third-order valence-corrected chi connectivity index (χ3v) is 4.36. The van der Waals surface area contributed by atoms with Gasteiger partial charge in [0.1, 0.15) is 30.1 Å². The summed E-state index contributed by atoms with van der Waals surface area (Å²) in [4.78, 5) is 17.1. The van der Waals surface area contributed by atoms with Gasteiger partial charge in [-0.2, -0.15) is 0 Å². The molecule has 1 aromatic heterocycles. The van der Waals surface area contributed by atoms with Crippen molar-refractivity contribution < 1.29 is 23.8 Å². The number of cyclic esters (lactones) is 1. The van der Waals surface area contributed by atoms with Gasteiger partial charge in [-0.15, -0.1) is 0 Å². The van der Waals surface area contributed by atoms with Gasteiger partial charge >= 0.3 is 6.09 Å². The van der Waals surface area contributed by atoms with Gasteiger partial charge in [0, 0.05) is 10.6 Å². The van der Waals surface area contributed by atoms with E-state index in [0.717, 1.165) is 0 Å². The van der Waals surface area contributed by atoms with E-state index in [1.165, 1.54) is 23.2 Å². The summed E-state index contributed by atoms with van der Waals surface area (Å²) in [6.07, 6.45) is 0.275. The summed E-state index contributed by atoms with van der Waals surface area (Å²) in [7, 11) is 0. The number of nitrogens with zero attached hydrogens (tertiary/aromatic N) is 2. The van der Waals surface area contributed by atoms with Gasteiger partial charge in [0.2, 0.25) is 0 Å². The maximum Gasteiger partial charge on any atom is 0.416 e. The van der Waals surface area contributed by atoms with Gasteiger partial charge in [-0.25, -0.2) is 14.2 Å². The molecular formula is C16H13Cl2FN2O4. The van der Waals surface area contributed by atoms with Crippen molar-refractivity contribution in [3.63, 3.8) is 0 Å². The number of carbonyl (C=O) groups is 1. The number of aliphatic hydroxyl groups is 1. The fourth-order valence-corrected chi connectivity index (χ4v) is 2.76. The number of aromatic nitrogens is 1. The minimum atomic E-state index is -0.580. The molecule has 25 heavy (non-hydrogen) atoms. The Morgan fingerprint density at radius 3 is 2.80 bits per heavy atom. The Morgan fingerprint density at radius 1 is 1.36 bits per heavy atom. The van der Waals surface area contributed by atoms with Crippen molar-refractivity contribution in [1.29, 1.82) is 0 Å². The standard InChI is InChI=1S/C16H13Cl2FN2O4/c17-12-2-3-13(19)15(18)11(12)8-24-9-1-4-14(20-5-9)21-6-10(7-22)25-16(21)23/h1-5,10,22H,6-8H2. The van der Waals surface area contributed by atoms with Crippen LogP contribution in [-0.2, 0) is 11.3 Å². The number of hydrogen-bond acceptors (Lipinski definition) is 5. The van der Waals surface area contributed by atoms with Crippen molar-refractivity contribution in [1.82, 2.24) is 4.98 Å². The molecule has 2 heterocycles. The minimum absolute atomic E-state index is 0.0329. The van der Waals surface area contributed by atoms with E-state index in [2.05, 4.69) is 4.98 Å². The molecule has 1 atom stereocenters. The number of pyridine rings is 1. The Morgan fingerprint density at radius 2 is 2.16 bits per heavy atom. The largest absolute Gasteiger partial charge is 0.487 e. The zero-order valence-corrected chi connectivity index (χ0v) is 14.3. The van der Waals surface area contributed by atoms with E-state index in [1.54, 1.807) is 12.1 Å². The van der Waals surface area contributed by atoms with Crippen LogP contribution in [0, 0.1) is 5.82 Å². The van der Waals surface area contributed by atoms with Crippen LogP contribution >= 0.6 is 23.2 Å². The quantitative estimate of drug-likeness (QED) is 0.797. The molecule has 1 amide bonds. The number of halogens is 3. The first kappa shape index (κ1) is 17.7. The van der Waals surface area contributed by atoms with Crippen LogP contribution in [0.3, 0.4) is 0 Å². The van der Waals surface area contributed by atoms with Crippen molar-refractivity contribution in [2.75, 3.05) is 18.1 Å². The first-order valence-electron chi connectivity index (χ1n) is 7.30. The van der Waals surface area contributed by atoms with Gasteiger partial charge in [-0.05, 0) is 24.3 Å². The highest BCUT2D eigenvalue weighted by Gasteiger charge is 2.32. The summed E-state index contributed by atoms with van der Waals surface area (Å²) in [5.41, 5.74) is 0.335. The summed E-state index contributed by atoms with van der Waals surface area (Å²) in [6.45, 7) is -0.0650. The monoisotopic (exact) mass is 386 g/mol. The van der Waals surface area contributed by atoms with Crippen molar-refractivity contribution in [2.24, 2.45) is 0 Å². The lowest BCUT2D eigenvalue weighted by atomic mass is 10.2. The highest BCUT2D eigenvalue weighted by molar-refractivity contribution is 6.36. The number of rotatable bonds is 5. The smallest absolute Gasteiger partial charge is 0.416 e. The maximum atomic E-state index is 13.5. The molecule has 1 N–H and O–H groups in total. The fourth-order valence-electron chi connectivity index (χ4n) is 2.28. The first-order valence-corrected chi connectivity index (χ1v) is 8.05. The second-order valence-corrected chi connectivity index (χ2v) is 6.05. The molecule has 1 aromatic carbocycles. The molecule has 1 aliphatic rings. The lowest BCUT2D eigenvalue weighted by molar-refractivity contribution is 0.0963. The van der Waals surface area contributed by atoms with Gasteiger partial charge in [-0.3, -0.25) is 4.90 Å². The number of benzene rings is 1. The topological polar surface area (TPSA) is 71.9 Å². The average molecular weight is 387 g/mol. The highest BCUT2D eigenvalue weighted by atomic mass is 35.5. The molecule has 132 valence electrons. The lowest BCUT2D eigenvalue weighted by Gasteiger charge is -2.13. The third kappa shape index (κ3) is 3.78. The summed E-state index contributed by atoms with van der Waals surface area (Å²) < 4.78 is 24.0. The SMILES string of the molecule is O=C1OC(CO)CN1c1ccc(OCc2c(Cl)ccc(F)c2Cl)cn1. The van der Waals surface area contributed by atoms with Gasteiger partial charge in [0.25, 0.3) is 0 Å². The van der Waals surface area contributed by atoms with Crippen LogP contribution in [0.2, 0.25) is 10.0 Å². The van der Waals surface area contributed by atoms with E-state index >= 15 is 0 Å². The molecule has 0 spiro atoms. The van der Waals surface area contributed by atoms with E-state index in [9.17, 15) is 9.18 Å². The second kappa shape index (κ2) is 7.43. The van der Waals surface area contributed by atoms with Crippen LogP contribution in [0.1, 0.15) is 5.56 Å². The van der Waals surface area contributed by atoms with Crippen molar-refractivity contribution in [2.45, 2.75) is 12.7 Å². The number of ether oxygens (including phenoxy) is 2. The van der Waals surface area contributed by atoms with Crippen LogP contribution in [0.5, 0.6) is 5.75 Å². The van der Waals surface area contributed by atoms with Gasteiger partial charge in [0.15, 0.2) is 0 Å². The van der Waals surface area contributed by atoms with E-state index in [4.69, 9.17) is 37.8 Å². The molecule has 9 heteroatoms. The van der Waals surface area contributed by atoms with Crippen LogP contribution in [0.25, 0.3) is 0 Å². The zero-order valence-electron chi connectivity index (χ0n) is 12.8. The summed E-state index contributed by atoms with van der Waals surface area (Å²) >= 11 is 11.9. The first-order chi connectivity index (χ1) is 12.0. The van der Waals surface area contributed by atoms with Crippen molar-refractivity contribution >= 4 is 35.1 Å². The molecule has 1 fully saturated rings. The Bertz CT molecular complexity index is 788. The van der Waals surface area contributed by atoms with Crippen molar-refractivity contribution in [3.8, 4) is 5.75 Å². The molecular weight excluding hydrogens is 374 g/mol. The lowest BCUT2D eigenvalue weighted by Crippen LogP contribution is -2.26. The van der Waals surface area contributed by atoms with E-state index in [1.807, 2.05) is 0 Å². The molecule has 0 radical (unpaired) electrons. The predicted octanol–water partition coefficient (Wildman–Crippen LogP) is 3.42. The Kier molecular flexibility index (Phi) is 5.27. The number of hydrogen-bond donors (Lipinski definition) is 1. The van der Waals surface area contributed by atoms with Gasteiger partial charge in [0.05, 0.1) is 24.4 Å². The van der Waals surface area contributed by atoms with Crippen molar-refractivity contribution in [3.05, 3.63) is 51.9 Å². The summed E-state index contributed by atoms with van der Waals surface area (Å²) in [6, 6.07) is 5.76. The van der Waals surface area contributed by atoms with Gasteiger partial charge < -0.3 is 14.6 Å². The van der Waals surface area contributed by atoms with Crippen LogP contribution in [0.15, 0.2) is 30.5 Å². The highest BCUT2D eigenvalue weighted by Crippen LogP contribution is 2.29. The molecule has 0 saturated carbocycles. The van der Waals surface area contributed by atoms with Crippen LogP contribution in [-0.4, -0.2) is 35.4 Å². The zero-order chi connectivity index (χ0) is 18.0. The van der Waals surface area contributed by atoms with E-state index in [0.29, 0.717) is 22.2 Å². The minimum Gasteiger partial charge on any atom is -0.487 e. The number of amides is 1. The predicted molar refractivity (Wildman–Crippen MR) is 89.7 cm³/mol. The third-order valence-electron chi connectivity index (χ3n) is 3.60. The normalized spacial score (nSPS) is 16.9. The summed E-state index contributed by atoms with van der Waals surface area (Å²) in [5, 5.41) is 9.25. The number of carbonyl (C=O) groups excluding carboxylic acids is 1. The Hall–Kier alpha value is -2.09. The molecule has 0 bridgehead atoms.